The van der Waals surface area contributed by atoms with Crippen molar-refractivity contribution in [2.24, 2.45) is 0 Å². The van der Waals surface area contributed by atoms with Gasteiger partial charge >= 0.3 is 0 Å². The number of aromatic nitrogens is 2. The average Bonchev–Trinajstić information content (AvgIpc) is 3.23. The number of methoxy groups -OCH3 is 2. The SMILES string of the molecule is COCNC(=O)c1cc(-c2ccc(CCOS(C)(=O)=O)cc2)n(-c2ccc(OC)cc2)n1. The highest BCUT2D eigenvalue weighted by molar-refractivity contribution is 7.85. The number of hydrogen-bond donors (Lipinski definition) is 1. The highest BCUT2D eigenvalue weighted by Gasteiger charge is 2.17. The second-order valence-corrected chi connectivity index (χ2v) is 8.58. The highest BCUT2D eigenvalue weighted by Crippen LogP contribution is 2.26. The summed E-state index contributed by atoms with van der Waals surface area (Å²) in [6.07, 6.45) is 1.48. The number of carbonyl (C=O) groups excluding carboxylic acids is 1. The van der Waals surface area contributed by atoms with Crippen LogP contribution in [0.4, 0.5) is 0 Å². The van der Waals surface area contributed by atoms with Crippen LogP contribution in [-0.4, -0.2) is 57.9 Å². The highest BCUT2D eigenvalue weighted by atomic mass is 32.2. The molecule has 0 bridgehead atoms. The average molecular weight is 460 g/mol. The first kappa shape index (κ1) is 23.5. The van der Waals surface area contributed by atoms with Gasteiger partial charge in [0, 0.05) is 12.7 Å². The zero-order chi connectivity index (χ0) is 23.1. The summed E-state index contributed by atoms with van der Waals surface area (Å²) in [7, 11) is -0.384. The van der Waals surface area contributed by atoms with Crippen LogP contribution < -0.4 is 10.1 Å². The minimum atomic E-state index is -3.47. The van der Waals surface area contributed by atoms with Crippen LogP contribution >= 0.6 is 0 Å². The van der Waals surface area contributed by atoms with Crippen LogP contribution in [0.3, 0.4) is 0 Å². The Morgan fingerprint density at radius 3 is 2.34 bits per heavy atom. The van der Waals surface area contributed by atoms with Crippen LogP contribution in [0, 0.1) is 0 Å². The number of nitrogens with one attached hydrogen (secondary N) is 1. The van der Waals surface area contributed by atoms with Gasteiger partial charge in [-0.2, -0.15) is 13.5 Å². The van der Waals surface area contributed by atoms with Crippen LogP contribution in [0.5, 0.6) is 5.75 Å². The van der Waals surface area contributed by atoms with Gasteiger partial charge in [0.2, 0.25) is 0 Å². The molecule has 9 nitrogen and oxygen atoms in total. The van der Waals surface area contributed by atoms with Gasteiger partial charge < -0.3 is 14.8 Å². The fourth-order valence-electron chi connectivity index (χ4n) is 3.00. The quantitative estimate of drug-likeness (QED) is 0.366. The Morgan fingerprint density at radius 1 is 1.06 bits per heavy atom. The van der Waals surface area contributed by atoms with Crippen molar-refractivity contribution >= 4 is 16.0 Å². The van der Waals surface area contributed by atoms with Crippen molar-refractivity contribution in [3.63, 3.8) is 0 Å². The molecule has 2 aromatic carbocycles. The largest absolute Gasteiger partial charge is 0.497 e. The molecule has 0 aliphatic carbocycles. The van der Waals surface area contributed by atoms with E-state index in [1.807, 2.05) is 48.5 Å². The van der Waals surface area contributed by atoms with Gasteiger partial charge in [0.05, 0.1) is 31.4 Å². The first-order valence-electron chi connectivity index (χ1n) is 9.76. The van der Waals surface area contributed by atoms with Crippen LogP contribution in [0.2, 0.25) is 0 Å². The molecule has 0 spiro atoms. The maximum Gasteiger partial charge on any atom is 0.273 e. The summed E-state index contributed by atoms with van der Waals surface area (Å²) >= 11 is 0. The van der Waals surface area contributed by atoms with Gasteiger partial charge in [0.25, 0.3) is 16.0 Å². The van der Waals surface area contributed by atoms with Crippen LogP contribution in [0.1, 0.15) is 16.1 Å². The van der Waals surface area contributed by atoms with E-state index in [9.17, 15) is 13.2 Å². The van der Waals surface area contributed by atoms with E-state index < -0.39 is 10.1 Å². The minimum Gasteiger partial charge on any atom is -0.497 e. The molecule has 0 atom stereocenters. The summed E-state index contributed by atoms with van der Waals surface area (Å²) in [5.74, 6) is 0.357. The second-order valence-electron chi connectivity index (χ2n) is 6.94. The number of amides is 1. The van der Waals surface area contributed by atoms with Gasteiger partial charge in [-0.15, -0.1) is 0 Å². The Balaban J connectivity index is 1.90. The molecule has 3 rings (SSSR count). The Hall–Kier alpha value is -3.21. The minimum absolute atomic E-state index is 0.0752. The number of ether oxygens (including phenoxy) is 2. The van der Waals surface area contributed by atoms with Gasteiger partial charge in [-0.3, -0.25) is 8.98 Å². The summed E-state index contributed by atoms with van der Waals surface area (Å²) in [6.45, 7) is 0.152. The van der Waals surface area contributed by atoms with Crippen molar-refractivity contribution in [2.75, 3.05) is 33.8 Å². The van der Waals surface area contributed by atoms with Crippen LogP contribution in [-0.2, 0) is 25.5 Å². The molecule has 0 unspecified atom stereocenters. The Labute approximate surface area is 187 Å². The van der Waals surface area contributed by atoms with E-state index in [-0.39, 0.29) is 24.9 Å². The topological polar surface area (TPSA) is 109 Å². The molecule has 1 aromatic heterocycles. The third-order valence-corrected chi connectivity index (χ3v) is 5.17. The molecular weight excluding hydrogens is 434 g/mol. The molecule has 0 aliphatic heterocycles. The standard InChI is InChI=1S/C22H25N3O6S/c1-29-15-23-22(26)20-14-21(25(24-20)18-8-10-19(30-2)11-9-18)17-6-4-16(5-7-17)12-13-31-32(3,27)28/h4-11,14H,12-13,15H2,1-3H3,(H,23,26). The smallest absolute Gasteiger partial charge is 0.273 e. The van der Waals surface area contributed by atoms with E-state index in [4.69, 9.17) is 13.7 Å². The van der Waals surface area contributed by atoms with Crippen molar-refractivity contribution in [3.8, 4) is 22.7 Å². The number of nitrogens with zero attached hydrogens (tertiary/aromatic N) is 2. The van der Waals surface area contributed by atoms with Gasteiger partial charge in [-0.05, 0) is 42.3 Å². The molecular formula is C22H25N3O6S. The van der Waals surface area contributed by atoms with E-state index in [1.165, 1.54) is 7.11 Å². The summed E-state index contributed by atoms with van der Waals surface area (Å²) in [4.78, 5) is 12.4. The van der Waals surface area contributed by atoms with E-state index in [0.717, 1.165) is 28.8 Å². The van der Waals surface area contributed by atoms with Crippen molar-refractivity contribution in [1.82, 2.24) is 15.1 Å². The van der Waals surface area contributed by atoms with E-state index in [2.05, 4.69) is 10.4 Å². The lowest BCUT2D eigenvalue weighted by Gasteiger charge is -2.09. The van der Waals surface area contributed by atoms with Crippen molar-refractivity contribution in [1.29, 1.82) is 0 Å². The number of rotatable bonds is 10. The fourth-order valence-corrected chi connectivity index (χ4v) is 3.39. The predicted octanol–water partition coefficient (Wildman–Crippen LogP) is 2.40. The van der Waals surface area contributed by atoms with Gasteiger partial charge in [0.1, 0.15) is 12.5 Å². The van der Waals surface area contributed by atoms with Crippen LogP contribution in [0.25, 0.3) is 16.9 Å². The van der Waals surface area contributed by atoms with Crippen molar-refractivity contribution in [2.45, 2.75) is 6.42 Å². The fraction of sp³-hybridized carbons (Fsp3) is 0.273. The van der Waals surface area contributed by atoms with Crippen molar-refractivity contribution < 1.29 is 26.9 Å². The molecule has 0 aliphatic rings. The summed E-state index contributed by atoms with van der Waals surface area (Å²) in [6, 6.07) is 16.6. The molecule has 0 radical (unpaired) electrons. The Bertz CT molecular complexity index is 1160. The molecule has 32 heavy (non-hydrogen) atoms. The molecule has 3 aromatic rings. The number of hydrogen-bond acceptors (Lipinski definition) is 7. The Morgan fingerprint density at radius 2 is 1.75 bits per heavy atom. The van der Waals surface area contributed by atoms with Gasteiger partial charge in [-0.25, -0.2) is 4.68 Å². The molecule has 1 N–H and O–H groups in total. The lowest BCUT2D eigenvalue weighted by molar-refractivity contribution is 0.0866. The molecule has 1 heterocycles. The molecule has 1 amide bonds. The maximum absolute atomic E-state index is 12.4. The summed E-state index contributed by atoms with van der Waals surface area (Å²) < 4.78 is 38.8. The number of benzene rings is 2. The van der Waals surface area contributed by atoms with E-state index in [0.29, 0.717) is 12.2 Å². The molecule has 0 fully saturated rings. The lowest BCUT2D eigenvalue weighted by Crippen LogP contribution is -2.25. The summed E-state index contributed by atoms with van der Waals surface area (Å²) in [5.41, 5.74) is 3.49. The monoisotopic (exact) mass is 459 g/mol. The van der Waals surface area contributed by atoms with Gasteiger partial charge in [-0.1, -0.05) is 24.3 Å². The molecule has 0 saturated carbocycles. The molecule has 170 valence electrons. The van der Waals surface area contributed by atoms with Crippen LogP contribution in [0.15, 0.2) is 54.6 Å². The molecule has 10 heteroatoms. The first-order chi connectivity index (χ1) is 15.3. The first-order valence-corrected chi connectivity index (χ1v) is 11.6. The lowest BCUT2D eigenvalue weighted by atomic mass is 10.1. The van der Waals surface area contributed by atoms with E-state index in [1.54, 1.807) is 17.9 Å². The zero-order valence-corrected chi connectivity index (χ0v) is 18.9. The number of carbonyl (C=O) groups is 1. The maximum atomic E-state index is 12.4. The van der Waals surface area contributed by atoms with E-state index >= 15 is 0 Å². The third kappa shape index (κ3) is 6.16. The van der Waals surface area contributed by atoms with Crippen molar-refractivity contribution in [3.05, 3.63) is 65.9 Å². The normalized spacial score (nSPS) is 11.3. The zero-order valence-electron chi connectivity index (χ0n) is 18.1. The second kappa shape index (κ2) is 10.4. The molecule has 0 saturated heterocycles. The predicted molar refractivity (Wildman–Crippen MR) is 119 cm³/mol. The van der Waals surface area contributed by atoms with Gasteiger partial charge in [0.15, 0.2) is 5.69 Å². The third-order valence-electron chi connectivity index (χ3n) is 4.57. The Kier molecular flexibility index (Phi) is 7.62. The summed E-state index contributed by atoms with van der Waals surface area (Å²) in [5, 5.41) is 7.12.